The normalized spacial score (nSPS) is 10.3. The zero-order valence-corrected chi connectivity index (χ0v) is 9.26. The van der Waals surface area contributed by atoms with Crippen LogP contribution in [0.1, 0.15) is 30.0 Å². The quantitative estimate of drug-likeness (QED) is 0.797. The molecule has 0 heterocycles. The minimum atomic E-state index is 0.548. The first-order valence-corrected chi connectivity index (χ1v) is 5.12. The second-order valence-electron chi connectivity index (χ2n) is 3.56. The van der Waals surface area contributed by atoms with Gasteiger partial charge in [0.2, 0.25) is 0 Å². The molecule has 0 saturated heterocycles. The van der Waals surface area contributed by atoms with Gasteiger partial charge >= 0.3 is 0 Å². The molecule has 0 spiro atoms. The molecule has 1 aromatic carbocycles. The van der Waals surface area contributed by atoms with Gasteiger partial charge in [0.1, 0.15) is 5.75 Å². The van der Waals surface area contributed by atoms with E-state index in [0.717, 1.165) is 24.3 Å². The van der Waals surface area contributed by atoms with E-state index in [2.05, 4.69) is 32.9 Å². The van der Waals surface area contributed by atoms with Crippen molar-refractivity contribution in [3.8, 4) is 5.75 Å². The van der Waals surface area contributed by atoms with Crippen LogP contribution in [0.25, 0.3) is 0 Å². The summed E-state index contributed by atoms with van der Waals surface area (Å²) in [6.07, 6.45) is 1.03. The lowest BCUT2D eigenvalue weighted by atomic mass is 10.0. The molecule has 1 aromatic rings. The largest absolute Gasteiger partial charge is 0.493 e. The topological polar surface area (TPSA) is 35.2 Å². The fourth-order valence-corrected chi connectivity index (χ4v) is 1.50. The number of ether oxygens (including phenoxy) is 1. The second kappa shape index (κ2) is 5.01. The van der Waals surface area contributed by atoms with E-state index in [4.69, 9.17) is 10.5 Å². The van der Waals surface area contributed by atoms with Crippen molar-refractivity contribution in [3.63, 3.8) is 0 Å². The van der Waals surface area contributed by atoms with E-state index in [9.17, 15) is 0 Å². The van der Waals surface area contributed by atoms with Gasteiger partial charge in [-0.05, 0) is 31.4 Å². The average Bonchev–Trinajstić information content (AvgIpc) is 2.19. The van der Waals surface area contributed by atoms with Crippen LogP contribution in [0.15, 0.2) is 12.1 Å². The Morgan fingerprint density at radius 2 is 1.86 bits per heavy atom. The van der Waals surface area contributed by atoms with E-state index in [-0.39, 0.29) is 0 Å². The van der Waals surface area contributed by atoms with Crippen LogP contribution in [-0.2, 0) is 6.54 Å². The Hall–Kier alpha value is -1.02. The summed E-state index contributed by atoms with van der Waals surface area (Å²) >= 11 is 0. The van der Waals surface area contributed by atoms with Gasteiger partial charge in [0, 0.05) is 12.1 Å². The van der Waals surface area contributed by atoms with Crippen LogP contribution >= 0.6 is 0 Å². The standard InChI is InChI=1S/C12H19NO/c1-4-7-14-12-10(3)6-5-9(2)11(12)8-13/h5-6H,4,7-8,13H2,1-3H3. The van der Waals surface area contributed by atoms with Crippen molar-refractivity contribution < 1.29 is 4.74 Å². The molecule has 0 saturated carbocycles. The number of hydrogen-bond donors (Lipinski definition) is 1. The molecule has 0 bridgehead atoms. The van der Waals surface area contributed by atoms with Crippen molar-refractivity contribution in [1.29, 1.82) is 0 Å². The first-order valence-electron chi connectivity index (χ1n) is 5.12. The molecule has 2 N–H and O–H groups in total. The number of nitrogens with two attached hydrogens (primary N) is 1. The van der Waals surface area contributed by atoms with Crippen molar-refractivity contribution >= 4 is 0 Å². The molecule has 0 aromatic heterocycles. The van der Waals surface area contributed by atoms with E-state index in [1.54, 1.807) is 0 Å². The molecule has 0 aliphatic rings. The predicted octanol–water partition coefficient (Wildman–Crippen LogP) is 2.55. The average molecular weight is 193 g/mol. The number of aryl methyl sites for hydroxylation is 2. The van der Waals surface area contributed by atoms with Crippen molar-refractivity contribution in [2.45, 2.75) is 33.7 Å². The fraction of sp³-hybridized carbons (Fsp3) is 0.500. The van der Waals surface area contributed by atoms with E-state index < -0.39 is 0 Å². The van der Waals surface area contributed by atoms with Gasteiger partial charge in [-0.3, -0.25) is 0 Å². The summed E-state index contributed by atoms with van der Waals surface area (Å²) in [4.78, 5) is 0. The van der Waals surface area contributed by atoms with E-state index in [1.807, 2.05) is 0 Å². The van der Waals surface area contributed by atoms with Crippen LogP contribution in [0.3, 0.4) is 0 Å². The predicted molar refractivity (Wildman–Crippen MR) is 59.6 cm³/mol. The van der Waals surface area contributed by atoms with Crippen LogP contribution in [0.5, 0.6) is 5.75 Å². The van der Waals surface area contributed by atoms with Crippen LogP contribution < -0.4 is 10.5 Å². The highest BCUT2D eigenvalue weighted by atomic mass is 16.5. The maximum atomic E-state index is 5.71. The van der Waals surface area contributed by atoms with Crippen molar-refractivity contribution in [1.82, 2.24) is 0 Å². The highest BCUT2D eigenvalue weighted by Crippen LogP contribution is 2.26. The van der Waals surface area contributed by atoms with Crippen molar-refractivity contribution in [2.24, 2.45) is 5.73 Å². The van der Waals surface area contributed by atoms with Gasteiger partial charge in [0.25, 0.3) is 0 Å². The molecule has 0 aliphatic carbocycles. The van der Waals surface area contributed by atoms with Gasteiger partial charge < -0.3 is 10.5 Å². The first-order chi connectivity index (χ1) is 6.70. The lowest BCUT2D eigenvalue weighted by Crippen LogP contribution is -2.06. The van der Waals surface area contributed by atoms with Gasteiger partial charge in [-0.2, -0.15) is 0 Å². The molecule has 14 heavy (non-hydrogen) atoms. The van der Waals surface area contributed by atoms with Gasteiger partial charge in [0.05, 0.1) is 6.61 Å². The Balaban J connectivity index is 3.03. The van der Waals surface area contributed by atoms with Crippen LogP contribution in [0.2, 0.25) is 0 Å². The van der Waals surface area contributed by atoms with E-state index in [1.165, 1.54) is 11.1 Å². The maximum Gasteiger partial charge on any atom is 0.126 e. The summed E-state index contributed by atoms with van der Waals surface area (Å²) in [7, 11) is 0. The Morgan fingerprint density at radius 3 is 2.43 bits per heavy atom. The molecule has 0 radical (unpaired) electrons. The number of benzene rings is 1. The van der Waals surface area contributed by atoms with Gasteiger partial charge in [-0.1, -0.05) is 19.1 Å². The smallest absolute Gasteiger partial charge is 0.126 e. The zero-order valence-electron chi connectivity index (χ0n) is 9.26. The zero-order chi connectivity index (χ0) is 10.6. The lowest BCUT2D eigenvalue weighted by molar-refractivity contribution is 0.312. The fourth-order valence-electron chi connectivity index (χ4n) is 1.50. The Kier molecular flexibility index (Phi) is 3.96. The first kappa shape index (κ1) is 11.1. The third kappa shape index (κ3) is 2.26. The monoisotopic (exact) mass is 193 g/mol. The van der Waals surface area contributed by atoms with Crippen LogP contribution in [0, 0.1) is 13.8 Å². The minimum Gasteiger partial charge on any atom is -0.493 e. The molecule has 2 nitrogen and oxygen atoms in total. The van der Waals surface area contributed by atoms with Gasteiger partial charge in [-0.15, -0.1) is 0 Å². The molecular weight excluding hydrogens is 174 g/mol. The van der Waals surface area contributed by atoms with E-state index >= 15 is 0 Å². The van der Waals surface area contributed by atoms with Gasteiger partial charge in [0.15, 0.2) is 0 Å². The Bertz CT molecular complexity index is 307. The number of hydrogen-bond acceptors (Lipinski definition) is 2. The summed E-state index contributed by atoms with van der Waals surface area (Å²) in [5, 5.41) is 0. The molecular formula is C12H19NO. The molecule has 1 rings (SSSR count). The van der Waals surface area contributed by atoms with Gasteiger partial charge in [-0.25, -0.2) is 0 Å². The summed E-state index contributed by atoms with van der Waals surface area (Å²) in [6, 6.07) is 4.18. The third-order valence-corrected chi connectivity index (χ3v) is 2.35. The lowest BCUT2D eigenvalue weighted by Gasteiger charge is -2.14. The minimum absolute atomic E-state index is 0.548. The summed E-state index contributed by atoms with van der Waals surface area (Å²) in [6.45, 7) is 7.54. The molecule has 0 amide bonds. The molecule has 0 unspecified atom stereocenters. The maximum absolute atomic E-state index is 5.71. The summed E-state index contributed by atoms with van der Waals surface area (Å²) < 4.78 is 5.71. The Morgan fingerprint density at radius 1 is 1.21 bits per heavy atom. The van der Waals surface area contributed by atoms with Crippen LogP contribution in [0.4, 0.5) is 0 Å². The molecule has 0 aliphatic heterocycles. The molecule has 2 heteroatoms. The van der Waals surface area contributed by atoms with Crippen molar-refractivity contribution in [3.05, 3.63) is 28.8 Å². The summed E-state index contributed by atoms with van der Waals surface area (Å²) in [5.41, 5.74) is 9.23. The Labute approximate surface area is 86.1 Å². The van der Waals surface area contributed by atoms with E-state index in [0.29, 0.717) is 6.54 Å². The van der Waals surface area contributed by atoms with Crippen molar-refractivity contribution in [2.75, 3.05) is 6.61 Å². The molecule has 78 valence electrons. The SMILES string of the molecule is CCCOc1c(C)ccc(C)c1CN. The second-order valence-corrected chi connectivity index (χ2v) is 3.56. The molecule has 0 atom stereocenters. The third-order valence-electron chi connectivity index (χ3n) is 2.35. The highest BCUT2D eigenvalue weighted by Gasteiger charge is 2.08. The molecule has 0 fully saturated rings. The van der Waals surface area contributed by atoms with Crippen LogP contribution in [-0.4, -0.2) is 6.61 Å². The number of rotatable bonds is 4. The highest BCUT2D eigenvalue weighted by molar-refractivity contribution is 5.45. The summed E-state index contributed by atoms with van der Waals surface area (Å²) in [5.74, 6) is 0.981.